The number of phenols is 1. The van der Waals surface area contributed by atoms with Gasteiger partial charge in [0.1, 0.15) is 5.75 Å². The summed E-state index contributed by atoms with van der Waals surface area (Å²) >= 11 is 4.84. The zero-order chi connectivity index (χ0) is 15.4. The lowest BCUT2D eigenvalue weighted by Crippen LogP contribution is -2.13. The number of rotatable bonds is 4. The van der Waals surface area contributed by atoms with E-state index in [0.29, 0.717) is 22.7 Å². The largest absolute Gasteiger partial charge is 0.506 e. The van der Waals surface area contributed by atoms with Crippen LogP contribution in [0, 0.1) is 6.92 Å². The Morgan fingerprint density at radius 2 is 1.90 bits per heavy atom. The Labute approximate surface area is 128 Å². The van der Waals surface area contributed by atoms with Crippen molar-refractivity contribution in [3.05, 3.63) is 59.2 Å². The molecule has 0 bridgehead atoms. The Morgan fingerprint density at radius 1 is 1.24 bits per heavy atom. The van der Waals surface area contributed by atoms with Gasteiger partial charge in [-0.15, -0.1) is 0 Å². The summed E-state index contributed by atoms with van der Waals surface area (Å²) in [5.41, 5.74) is 8.25. The number of aromatic hydroxyl groups is 1. The van der Waals surface area contributed by atoms with Crippen molar-refractivity contribution >= 4 is 28.8 Å². The van der Waals surface area contributed by atoms with Gasteiger partial charge in [-0.2, -0.15) is 0 Å². The first-order valence-electron chi connectivity index (χ1n) is 6.44. The first kappa shape index (κ1) is 15.0. The van der Waals surface area contributed by atoms with E-state index in [1.54, 1.807) is 24.3 Å². The van der Waals surface area contributed by atoms with E-state index in [-0.39, 0.29) is 11.7 Å². The fourth-order valence-electron chi connectivity index (χ4n) is 1.92. The third-order valence-electron chi connectivity index (χ3n) is 3.00. The minimum atomic E-state index is -0.281. The molecule has 0 spiro atoms. The molecule has 0 atom stereocenters. The maximum Gasteiger partial charge on any atom is 0.255 e. The smallest absolute Gasteiger partial charge is 0.255 e. The molecule has 4 N–H and O–H groups in total. The van der Waals surface area contributed by atoms with Crippen LogP contribution in [-0.4, -0.2) is 16.0 Å². The second-order valence-corrected chi connectivity index (χ2v) is 5.34. The van der Waals surface area contributed by atoms with Gasteiger partial charge in [-0.05, 0) is 42.3 Å². The number of anilines is 1. The SMILES string of the molecule is Cc1ccc(NC(=O)c2ccc(CC(N)=S)cc2)c(O)c1. The number of hydrogen-bond acceptors (Lipinski definition) is 3. The van der Waals surface area contributed by atoms with Gasteiger partial charge in [0.05, 0.1) is 10.7 Å². The van der Waals surface area contributed by atoms with E-state index in [1.807, 2.05) is 25.1 Å². The molecule has 2 aromatic rings. The molecule has 0 aliphatic heterocycles. The molecule has 2 aromatic carbocycles. The molecular formula is C16H16N2O2S. The van der Waals surface area contributed by atoms with Crippen molar-refractivity contribution < 1.29 is 9.90 Å². The Kier molecular flexibility index (Phi) is 4.55. The summed E-state index contributed by atoms with van der Waals surface area (Å²) in [4.78, 5) is 12.5. The summed E-state index contributed by atoms with van der Waals surface area (Å²) in [5.74, 6) is -0.232. The normalized spacial score (nSPS) is 10.1. The van der Waals surface area contributed by atoms with Crippen LogP contribution in [0.5, 0.6) is 5.75 Å². The summed E-state index contributed by atoms with van der Waals surface area (Å²) < 4.78 is 0. The zero-order valence-electron chi connectivity index (χ0n) is 11.6. The highest BCUT2D eigenvalue weighted by Gasteiger charge is 2.09. The van der Waals surface area contributed by atoms with Crippen molar-refractivity contribution in [1.82, 2.24) is 0 Å². The van der Waals surface area contributed by atoms with Crippen molar-refractivity contribution in [2.75, 3.05) is 5.32 Å². The molecule has 0 unspecified atom stereocenters. The lowest BCUT2D eigenvalue weighted by molar-refractivity contribution is 0.102. The molecule has 4 nitrogen and oxygen atoms in total. The maximum absolute atomic E-state index is 12.1. The average molecular weight is 300 g/mol. The number of phenolic OH excluding ortho intramolecular Hbond substituents is 1. The molecule has 0 fully saturated rings. The highest BCUT2D eigenvalue weighted by Crippen LogP contribution is 2.24. The Bertz CT molecular complexity index is 681. The van der Waals surface area contributed by atoms with Gasteiger partial charge in [0.25, 0.3) is 5.91 Å². The van der Waals surface area contributed by atoms with Crippen LogP contribution < -0.4 is 11.1 Å². The molecule has 0 radical (unpaired) electrons. The van der Waals surface area contributed by atoms with Crippen LogP contribution in [0.1, 0.15) is 21.5 Å². The first-order chi connectivity index (χ1) is 9.95. The minimum Gasteiger partial charge on any atom is -0.506 e. The van der Waals surface area contributed by atoms with Crippen molar-refractivity contribution in [2.45, 2.75) is 13.3 Å². The highest BCUT2D eigenvalue weighted by atomic mass is 32.1. The number of nitrogens with two attached hydrogens (primary N) is 1. The third kappa shape index (κ3) is 4.03. The molecular weight excluding hydrogens is 284 g/mol. The molecule has 0 saturated carbocycles. The van der Waals surface area contributed by atoms with Crippen LogP contribution in [-0.2, 0) is 6.42 Å². The van der Waals surface area contributed by atoms with Crippen LogP contribution in [0.25, 0.3) is 0 Å². The molecule has 21 heavy (non-hydrogen) atoms. The third-order valence-corrected chi connectivity index (χ3v) is 3.14. The first-order valence-corrected chi connectivity index (χ1v) is 6.85. The molecule has 1 amide bonds. The van der Waals surface area contributed by atoms with E-state index in [1.165, 1.54) is 0 Å². The lowest BCUT2D eigenvalue weighted by atomic mass is 10.1. The number of aryl methyl sites for hydroxylation is 1. The molecule has 108 valence electrons. The average Bonchev–Trinajstić information content (AvgIpc) is 2.42. The number of hydrogen-bond donors (Lipinski definition) is 3. The van der Waals surface area contributed by atoms with Gasteiger partial charge >= 0.3 is 0 Å². The van der Waals surface area contributed by atoms with Gasteiger partial charge in [-0.3, -0.25) is 4.79 Å². The predicted molar refractivity (Wildman–Crippen MR) is 87.7 cm³/mol. The molecule has 5 heteroatoms. The second kappa shape index (κ2) is 6.37. The Hall–Kier alpha value is -2.40. The second-order valence-electron chi connectivity index (χ2n) is 4.81. The number of carbonyl (C=O) groups is 1. The molecule has 0 aliphatic carbocycles. The molecule has 0 aromatic heterocycles. The summed E-state index contributed by atoms with van der Waals surface area (Å²) in [5, 5.41) is 12.5. The van der Waals surface area contributed by atoms with Crippen LogP contribution in [0.4, 0.5) is 5.69 Å². The van der Waals surface area contributed by atoms with Gasteiger partial charge in [0.2, 0.25) is 0 Å². The molecule has 0 saturated heterocycles. The Balaban J connectivity index is 2.11. The Morgan fingerprint density at radius 3 is 2.48 bits per heavy atom. The number of nitrogens with one attached hydrogen (secondary N) is 1. The van der Waals surface area contributed by atoms with Crippen molar-refractivity contribution in [3.63, 3.8) is 0 Å². The van der Waals surface area contributed by atoms with E-state index >= 15 is 0 Å². The van der Waals surface area contributed by atoms with E-state index in [9.17, 15) is 9.90 Å². The van der Waals surface area contributed by atoms with Gasteiger partial charge in [-0.1, -0.05) is 30.4 Å². The minimum absolute atomic E-state index is 0.0495. The summed E-state index contributed by atoms with van der Waals surface area (Å²) in [6.45, 7) is 1.87. The molecule has 0 heterocycles. The van der Waals surface area contributed by atoms with Crippen molar-refractivity contribution in [2.24, 2.45) is 5.73 Å². The zero-order valence-corrected chi connectivity index (χ0v) is 12.4. The van der Waals surface area contributed by atoms with Crippen molar-refractivity contribution in [3.8, 4) is 5.75 Å². The van der Waals surface area contributed by atoms with E-state index < -0.39 is 0 Å². The van der Waals surface area contributed by atoms with E-state index in [4.69, 9.17) is 18.0 Å². The summed E-state index contributed by atoms with van der Waals surface area (Å²) in [6, 6.07) is 12.1. The number of amides is 1. The van der Waals surface area contributed by atoms with Gasteiger partial charge < -0.3 is 16.2 Å². The van der Waals surface area contributed by atoms with Crippen LogP contribution in [0.2, 0.25) is 0 Å². The highest BCUT2D eigenvalue weighted by molar-refractivity contribution is 7.80. The monoisotopic (exact) mass is 300 g/mol. The number of benzene rings is 2. The molecule has 0 aliphatic rings. The van der Waals surface area contributed by atoms with E-state index in [0.717, 1.165) is 11.1 Å². The summed E-state index contributed by atoms with van der Waals surface area (Å²) in [6.07, 6.45) is 0.510. The van der Waals surface area contributed by atoms with Crippen LogP contribution in [0.3, 0.4) is 0 Å². The van der Waals surface area contributed by atoms with Crippen LogP contribution in [0.15, 0.2) is 42.5 Å². The fraction of sp³-hybridized carbons (Fsp3) is 0.125. The van der Waals surface area contributed by atoms with Gasteiger partial charge in [-0.25, -0.2) is 0 Å². The fourth-order valence-corrected chi connectivity index (χ4v) is 2.08. The van der Waals surface area contributed by atoms with Crippen LogP contribution >= 0.6 is 12.2 Å². The standard InChI is InChI=1S/C16H16N2O2S/c1-10-2-7-13(14(19)8-10)18-16(20)12-5-3-11(4-6-12)9-15(17)21/h2-8,19H,9H2,1H3,(H2,17,21)(H,18,20). The quantitative estimate of drug-likeness (QED) is 0.599. The van der Waals surface area contributed by atoms with Gasteiger partial charge in [0.15, 0.2) is 0 Å². The van der Waals surface area contributed by atoms with Crippen molar-refractivity contribution in [1.29, 1.82) is 0 Å². The number of thiocarbonyl (C=S) groups is 1. The topological polar surface area (TPSA) is 75.4 Å². The maximum atomic E-state index is 12.1. The summed E-state index contributed by atoms with van der Waals surface area (Å²) in [7, 11) is 0. The van der Waals surface area contributed by atoms with Gasteiger partial charge in [0, 0.05) is 12.0 Å². The number of carbonyl (C=O) groups excluding carboxylic acids is 1. The predicted octanol–water partition coefficient (Wildman–Crippen LogP) is 2.78. The molecule has 2 rings (SSSR count). The lowest BCUT2D eigenvalue weighted by Gasteiger charge is -2.08. The van der Waals surface area contributed by atoms with E-state index in [2.05, 4.69) is 5.32 Å².